The van der Waals surface area contributed by atoms with Crippen LogP contribution < -0.4 is 19.7 Å². The molecule has 1 saturated heterocycles. The molecule has 7 nitrogen and oxygen atoms in total. The number of rotatable bonds is 7. The van der Waals surface area contributed by atoms with Crippen LogP contribution in [0.4, 0.5) is 11.5 Å². The number of hydrogen-bond donors (Lipinski definition) is 1. The van der Waals surface area contributed by atoms with Crippen molar-refractivity contribution in [1.82, 2.24) is 10.2 Å². The minimum atomic E-state index is -0.228. The molecule has 7 heteroatoms. The molecule has 1 aromatic heterocycles. The van der Waals surface area contributed by atoms with Gasteiger partial charge in [0.25, 0.3) is 5.91 Å². The minimum Gasteiger partial charge on any atom is -0.497 e. The van der Waals surface area contributed by atoms with Crippen LogP contribution in [0.15, 0.2) is 60.7 Å². The van der Waals surface area contributed by atoms with Gasteiger partial charge in [0, 0.05) is 24.3 Å². The second-order valence-corrected chi connectivity index (χ2v) is 8.04. The Morgan fingerprint density at radius 2 is 1.66 bits per heavy atom. The van der Waals surface area contributed by atoms with Gasteiger partial charge in [-0.2, -0.15) is 0 Å². The molecule has 1 aliphatic rings. The maximum atomic E-state index is 12.2. The zero-order valence-corrected chi connectivity index (χ0v) is 18.5. The predicted molar refractivity (Wildman–Crippen MR) is 125 cm³/mol. The van der Waals surface area contributed by atoms with Crippen molar-refractivity contribution in [3.63, 3.8) is 0 Å². The molecule has 1 fully saturated rings. The molecule has 166 valence electrons. The van der Waals surface area contributed by atoms with Crippen molar-refractivity contribution >= 4 is 17.4 Å². The van der Waals surface area contributed by atoms with Gasteiger partial charge in [-0.15, -0.1) is 10.2 Å². The number of carbonyl (C=O) groups excluding carboxylic acids is 1. The van der Waals surface area contributed by atoms with Gasteiger partial charge in [-0.3, -0.25) is 4.79 Å². The van der Waals surface area contributed by atoms with E-state index in [2.05, 4.69) is 27.3 Å². The van der Waals surface area contributed by atoms with Crippen molar-refractivity contribution in [2.75, 3.05) is 37.0 Å². The molecule has 4 rings (SSSR count). The topological polar surface area (TPSA) is 76.6 Å². The van der Waals surface area contributed by atoms with Crippen molar-refractivity contribution in [3.8, 4) is 22.8 Å². The van der Waals surface area contributed by atoms with Crippen LogP contribution in [0.1, 0.15) is 19.8 Å². The quantitative estimate of drug-likeness (QED) is 0.596. The Hall–Kier alpha value is -3.61. The van der Waals surface area contributed by atoms with Crippen LogP contribution in [0.3, 0.4) is 0 Å². The zero-order chi connectivity index (χ0) is 22.3. The Kier molecular flexibility index (Phi) is 6.84. The summed E-state index contributed by atoms with van der Waals surface area (Å²) >= 11 is 0. The summed E-state index contributed by atoms with van der Waals surface area (Å²) in [6.45, 7) is 4.29. The normalized spacial score (nSPS) is 14.1. The molecule has 0 radical (unpaired) electrons. The van der Waals surface area contributed by atoms with Gasteiger partial charge in [0.1, 0.15) is 11.5 Å². The number of methoxy groups -OCH3 is 1. The third-order valence-electron chi connectivity index (χ3n) is 5.65. The number of nitrogens with one attached hydrogen (secondary N) is 1. The third kappa shape index (κ3) is 5.55. The molecule has 0 saturated carbocycles. The highest BCUT2D eigenvalue weighted by atomic mass is 16.5. The number of ether oxygens (including phenoxy) is 2. The first-order valence-electron chi connectivity index (χ1n) is 10.9. The molecule has 1 amide bonds. The van der Waals surface area contributed by atoms with E-state index < -0.39 is 0 Å². The van der Waals surface area contributed by atoms with E-state index in [9.17, 15) is 4.79 Å². The summed E-state index contributed by atoms with van der Waals surface area (Å²) in [4.78, 5) is 14.5. The molecular weight excluding hydrogens is 404 g/mol. The molecular formula is C25H28N4O3. The average molecular weight is 433 g/mol. The molecule has 32 heavy (non-hydrogen) atoms. The molecule has 3 aromatic rings. The van der Waals surface area contributed by atoms with Gasteiger partial charge >= 0.3 is 0 Å². The minimum absolute atomic E-state index is 0.0731. The lowest BCUT2D eigenvalue weighted by Gasteiger charge is -2.30. The second kappa shape index (κ2) is 10.1. The Morgan fingerprint density at radius 3 is 2.28 bits per heavy atom. The van der Waals surface area contributed by atoms with Crippen LogP contribution >= 0.6 is 0 Å². The summed E-state index contributed by atoms with van der Waals surface area (Å²) in [6.07, 6.45) is 2.39. The third-order valence-corrected chi connectivity index (χ3v) is 5.65. The van der Waals surface area contributed by atoms with E-state index in [4.69, 9.17) is 9.47 Å². The fraction of sp³-hybridized carbons (Fsp3) is 0.320. The maximum Gasteiger partial charge on any atom is 0.262 e. The van der Waals surface area contributed by atoms with Crippen LogP contribution in [-0.2, 0) is 4.79 Å². The van der Waals surface area contributed by atoms with Crippen LogP contribution in [0, 0.1) is 5.92 Å². The number of aromatic nitrogens is 2. The number of anilines is 2. The number of piperidine rings is 1. The SMILES string of the molecule is COc1ccc(OCC(=O)Nc2ccc(-c3ccc(N4CCC(C)CC4)nn3)cc2)cc1. The summed E-state index contributed by atoms with van der Waals surface area (Å²) in [6, 6.07) is 18.7. The molecule has 0 bridgehead atoms. The van der Waals surface area contributed by atoms with Gasteiger partial charge in [-0.1, -0.05) is 19.1 Å². The Balaban J connectivity index is 1.30. The molecule has 0 aliphatic carbocycles. The molecule has 1 aliphatic heterocycles. The van der Waals surface area contributed by atoms with Gasteiger partial charge in [0.05, 0.1) is 12.8 Å². The van der Waals surface area contributed by atoms with Crippen molar-refractivity contribution in [3.05, 3.63) is 60.7 Å². The van der Waals surface area contributed by atoms with Gasteiger partial charge in [0.15, 0.2) is 12.4 Å². The van der Waals surface area contributed by atoms with Gasteiger partial charge in [0.2, 0.25) is 0 Å². The monoisotopic (exact) mass is 432 g/mol. The van der Waals surface area contributed by atoms with E-state index in [1.807, 2.05) is 36.4 Å². The lowest BCUT2D eigenvalue weighted by molar-refractivity contribution is -0.118. The van der Waals surface area contributed by atoms with E-state index in [1.54, 1.807) is 31.4 Å². The fourth-order valence-corrected chi connectivity index (χ4v) is 3.63. The Morgan fingerprint density at radius 1 is 0.969 bits per heavy atom. The van der Waals surface area contributed by atoms with Crippen molar-refractivity contribution in [2.24, 2.45) is 5.92 Å². The lowest BCUT2D eigenvalue weighted by atomic mass is 9.99. The summed E-state index contributed by atoms with van der Waals surface area (Å²) < 4.78 is 10.6. The fourth-order valence-electron chi connectivity index (χ4n) is 3.63. The molecule has 0 unspecified atom stereocenters. The van der Waals surface area contributed by atoms with Crippen LogP contribution in [-0.4, -0.2) is 42.9 Å². The van der Waals surface area contributed by atoms with Crippen LogP contribution in [0.2, 0.25) is 0 Å². The zero-order valence-electron chi connectivity index (χ0n) is 18.5. The highest BCUT2D eigenvalue weighted by Crippen LogP contribution is 2.24. The van der Waals surface area contributed by atoms with Gasteiger partial charge in [-0.05, 0) is 67.3 Å². The number of amides is 1. The van der Waals surface area contributed by atoms with Gasteiger partial charge < -0.3 is 19.7 Å². The highest BCUT2D eigenvalue weighted by molar-refractivity contribution is 5.92. The van der Waals surface area contributed by atoms with Crippen molar-refractivity contribution in [1.29, 1.82) is 0 Å². The van der Waals surface area contributed by atoms with E-state index in [-0.39, 0.29) is 12.5 Å². The summed E-state index contributed by atoms with van der Waals surface area (Å²) in [5, 5.41) is 11.7. The van der Waals surface area contributed by atoms with Crippen molar-refractivity contribution in [2.45, 2.75) is 19.8 Å². The van der Waals surface area contributed by atoms with E-state index in [0.29, 0.717) is 11.4 Å². The van der Waals surface area contributed by atoms with Crippen LogP contribution in [0.5, 0.6) is 11.5 Å². The first kappa shape index (κ1) is 21.6. The van der Waals surface area contributed by atoms with E-state index in [0.717, 1.165) is 41.8 Å². The second-order valence-electron chi connectivity index (χ2n) is 8.04. The number of hydrogen-bond acceptors (Lipinski definition) is 6. The number of benzene rings is 2. The first-order chi connectivity index (χ1) is 15.6. The predicted octanol–water partition coefficient (Wildman–Crippen LogP) is 4.41. The molecule has 2 aromatic carbocycles. The largest absolute Gasteiger partial charge is 0.497 e. The highest BCUT2D eigenvalue weighted by Gasteiger charge is 2.17. The smallest absolute Gasteiger partial charge is 0.262 e. The molecule has 0 atom stereocenters. The number of carbonyl (C=O) groups is 1. The average Bonchev–Trinajstić information content (AvgIpc) is 2.84. The summed E-state index contributed by atoms with van der Waals surface area (Å²) in [7, 11) is 1.60. The molecule has 0 spiro atoms. The Labute approximate surface area is 188 Å². The first-order valence-corrected chi connectivity index (χ1v) is 10.9. The van der Waals surface area contributed by atoms with Crippen molar-refractivity contribution < 1.29 is 14.3 Å². The van der Waals surface area contributed by atoms with E-state index >= 15 is 0 Å². The standard InChI is InChI=1S/C25H28N4O3/c1-18-13-15-29(16-14-18)24-12-11-23(27-28-24)19-3-5-20(6-4-19)26-25(30)17-32-22-9-7-21(31-2)8-10-22/h3-12,18H,13-17H2,1-2H3,(H,26,30). The van der Waals surface area contributed by atoms with E-state index in [1.165, 1.54) is 12.8 Å². The Bertz CT molecular complexity index is 1010. The number of nitrogens with zero attached hydrogens (tertiary/aromatic N) is 3. The molecule has 1 N–H and O–H groups in total. The summed E-state index contributed by atoms with van der Waals surface area (Å²) in [5.41, 5.74) is 2.45. The summed E-state index contributed by atoms with van der Waals surface area (Å²) in [5.74, 6) is 2.83. The van der Waals surface area contributed by atoms with Gasteiger partial charge in [-0.25, -0.2) is 0 Å². The maximum absolute atomic E-state index is 12.2. The molecule has 2 heterocycles. The van der Waals surface area contributed by atoms with Crippen LogP contribution in [0.25, 0.3) is 11.3 Å². The lowest BCUT2D eigenvalue weighted by Crippen LogP contribution is -2.33.